The van der Waals surface area contributed by atoms with Gasteiger partial charge in [-0.1, -0.05) is 11.6 Å². The van der Waals surface area contributed by atoms with E-state index >= 15 is 0 Å². The molecule has 52 valence electrons. The Morgan fingerprint density at radius 1 is 1.80 bits per heavy atom. The summed E-state index contributed by atoms with van der Waals surface area (Å²) >= 11 is 7.25. The minimum atomic E-state index is 0.453. The molecule has 1 heterocycles. The largest absolute Gasteiger partial charge is 0.312 e. The van der Waals surface area contributed by atoms with E-state index in [2.05, 4.69) is 4.85 Å². The van der Waals surface area contributed by atoms with Gasteiger partial charge >= 0.3 is 0 Å². The molecule has 0 radical (unpaired) electrons. The van der Waals surface area contributed by atoms with Crippen molar-refractivity contribution >= 4 is 22.9 Å². The molecule has 0 unspecified atom stereocenters. The van der Waals surface area contributed by atoms with Gasteiger partial charge in [0.1, 0.15) is 0 Å². The maximum atomic E-state index is 6.63. The topological polar surface area (TPSA) is 4.36 Å². The van der Waals surface area contributed by atoms with Crippen LogP contribution in [0.1, 0.15) is 10.4 Å². The van der Waals surface area contributed by atoms with Crippen molar-refractivity contribution in [2.24, 2.45) is 0 Å². The number of hydrogen-bond acceptors (Lipinski definition) is 1. The molecule has 0 saturated carbocycles. The Morgan fingerprint density at radius 3 is 2.90 bits per heavy atom. The fourth-order valence-corrected chi connectivity index (χ4v) is 1.95. The van der Waals surface area contributed by atoms with Crippen LogP contribution in [-0.2, 0) is 6.54 Å². The monoisotopic (exact) mass is 171 g/mol. The second-order valence-corrected chi connectivity index (χ2v) is 3.84. The summed E-state index contributed by atoms with van der Waals surface area (Å²) in [4.78, 5) is 4.43. The molecule has 1 aromatic heterocycles. The van der Waals surface area contributed by atoms with Gasteiger partial charge in [-0.2, -0.15) is 0 Å². The zero-order valence-corrected chi connectivity index (χ0v) is 7.09. The first-order valence-corrected chi connectivity index (χ1v) is 4.01. The predicted molar refractivity (Wildman–Crippen MR) is 44.4 cm³/mol. The van der Waals surface area contributed by atoms with Crippen molar-refractivity contribution in [1.82, 2.24) is 0 Å². The minimum Gasteiger partial charge on any atom is -0.312 e. The van der Waals surface area contributed by atoms with E-state index in [1.54, 1.807) is 0 Å². The molecule has 0 aliphatic carbocycles. The Kier molecular flexibility index (Phi) is 2.31. The first-order valence-electron chi connectivity index (χ1n) is 2.82. The number of thiophene rings is 1. The molecule has 0 aromatic carbocycles. The Morgan fingerprint density at radius 2 is 2.50 bits per heavy atom. The summed E-state index contributed by atoms with van der Waals surface area (Å²) in [7, 11) is 0. The number of rotatable bonds is 1. The minimum absolute atomic E-state index is 0.453. The maximum Gasteiger partial charge on any atom is 0.240 e. The molecule has 0 spiro atoms. The van der Waals surface area contributed by atoms with Crippen LogP contribution in [0.25, 0.3) is 4.85 Å². The van der Waals surface area contributed by atoms with Crippen LogP contribution in [0.2, 0.25) is 4.34 Å². The summed E-state index contributed by atoms with van der Waals surface area (Å²) in [5.41, 5.74) is 1.06. The van der Waals surface area contributed by atoms with Gasteiger partial charge in [-0.3, -0.25) is 0 Å². The van der Waals surface area contributed by atoms with E-state index in [4.69, 9.17) is 18.2 Å². The highest BCUT2D eigenvalue weighted by Gasteiger charge is 2.04. The lowest BCUT2D eigenvalue weighted by Gasteiger charge is -1.83. The van der Waals surface area contributed by atoms with E-state index in [0.29, 0.717) is 6.54 Å². The lowest BCUT2D eigenvalue weighted by atomic mass is 10.3. The molecule has 0 saturated heterocycles. The third-order valence-electron chi connectivity index (χ3n) is 1.24. The van der Waals surface area contributed by atoms with Crippen LogP contribution in [0.5, 0.6) is 0 Å². The van der Waals surface area contributed by atoms with Gasteiger partial charge in [0, 0.05) is 10.4 Å². The molecule has 0 aliphatic heterocycles. The SMILES string of the molecule is [C-]#[N+]Cc1cc(Cl)sc1C. The molecule has 1 nitrogen and oxygen atoms in total. The van der Waals surface area contributed by atoms with Crippen LogP contribution in [0.4, 0.5) is 0 Å². The van der Waals surface area contributed by atoms with Crippen LogP contribution in [-0.4, -0.2) is 0 Å². The zero-order chi connectivity index (χ0) is 7.56. The quantitative estimate of drug-likeness (QED) is 0.572. The van der Waals surface area contributed by atoms with Gasteiger partial charge in [0.25, 0.3) is 0 Å². The molecule has 0 atom stereocenters. The highest BCUT2D eigenvalue weighted by atomic mass is 35.5. The number of halogens is 1. The Bertz CT molecular complexity index is 272. The highest BCUT2D eigenvalue weighted by Crippen LogP contribution is 2.26. The van der Waals surface area contributed by atoms with Gasteiger partial charge in [0.15, 0.2) is 0 Å². The Balaban J connectivity index is 2.94. The molecule has 3 heteroatoms. The van der Waals surface area contributed by atoms with Gasteiger partial charge < -0.3 is 4.85 Å². The second-order valence-electron chi connectivity index (χ2n) is 1.95. The normalized spacial score (nSPS) is 9.30. The van der Waals surface area contributed by atoms with Crippen LogP contribution in [0, 0.1) is 13.5 Å². The lowest BCUT2D eigenvalue weighted by Crippen LogP contribution is -1.74. The molecule has 1 aromatic rings. The summed E-state index contributed by atoms with van der Waals surface area (Å²) in [6, 6.07) is 1.86. The van der Waals surface area contributed by atoms with E-state index in [9.17, 15) is 0 Å². The van der Waals surface area contributed by atoms with Gasteiger partial charge in [-0.25, -0.2) is 6.57 Å². The molecule has 10 heavy (non-hydrogen) atoms. The van der Waals surface area contributed by atoms with Gasteiger partial charge in [-0.05, 0) is 13.0 Å². The molecule has 0 N–H and O–H groups in total. The number of aryl methyl sites for hydroxylation is 1. The van der Waals surface area contributed by atoms with Crippen molar-refractivity contribution < 1.29 is 0 Å². The lowest BCUT2D eigenvalue weighted by molar-refractivity contribution is 1.25. The van der Waals surface area contributed by atoms with Gasteiger partial charge in [0.05, 0.1) is 4.34 Å². The molecule has 0 bridgehead atoms. The standard InChI is InChI=1S/C7H6ClNS/c1-5-6(4-9-2)3-7(8)10-5/h3H,4H2,1H3. The molecular formula is C7H6ClNS. The van der Waals surface area contributed by atoms with E-state index in [0.717, 1.165) is 14.8 Å². The zero-order valence-electron chi connectivity index (χ0n) is 5.52. The summed E-state index contributed by atoms with van der Waals surface area (Å²) in [6.07, 6.45) is 0. The fourth-order valence-electron chi connectivity index (χ4n) is 0.722. The third-order valence-corrected chi connectivity index (χ3v) is 2.46. The summed E-state index contributed by atoms with van der Waals surface area (Å²) in [5, 5.41) is 0. The van der Waals surface area contributed by atoms with Crippen molar-refractivity contribution in [3.8, 4) is 0 Å². The van der Waals surface area contributed by atoms with Crippen LogP contribution < -0.4 is 0 Å². The van der Waals surface area contributed by atoms with Crippen LogP contribution in [0.3, 0.4) is 0 Å². The van der Waals surface area contributed by atoms with Gasteiger partial charge in [0.2, 0.25) is 6.54 Å². The second kappa shape index (κ2) is 3.05. The van der Waals surface area contributed by atoms with Crippen molar-refractivity contribution in [3.05, 3.63) is 32.3 Å². The van der Waals surface area contributed by atoms with E-state index in [-0.39, 0.29) is 0 Å². The first-order chi connectivity index (χ1) is 4.74. The fraction of sp³-hybridized carbons (Fsp3) is 0.286. The van der Waals surface area contributed by atoms with Gasteiger partial charge in [-0.15, -0.1) is 11.3 Å². The predicted octanol–water partition coefficient (Wildman–Crippen LogP) is 3.13. The molecule has 0 aliphatic rings. The van der Waals surface area contributed by atoms with E-state index in [1.807, 2.05) is 13.0 Å². The molecular weight excluding hydrogens is 166 g/mol. The van der Waals surface area contributed by atoms with Crippen molar-refractivity contribution in [1.29, 1.82) is 0 Å². The van der Waals surface area contributed by atoms with Crippen molar-refractivity contribution in [2.45, 2.75) is 13.5 Å². The first kappa shape index (κ1) is 7.59. The van der Waals surface area contributed by atoms with Crippen LogP contribution >= 0.6 is 22.9 Å². The molecule has 0 amide bonds. The van der Waals surface area contributed by atoms with E-state index in [1.165, 1.54) is 11.3 Å². The summed E-state index contributed by atoms with van der Waals surface area (Å²) < 4.78 is 0.774. The highest BCUT2D eigenvalue weighted by molar-refractivity contribution is 7.16. The molecule has 1 rings (SSSR count). The summed E-state index contributed by atoms with van der Waals surface area (Å²) in [6.45, 7) is 9.07. The van der Waals surface area contributed by atoms with Crippen molar-refractivity contribution in [2.75, 3.05) is 0 Å². The maximum absolute atomic E-state index is 6.63. The Labute approximate surface area is 69.1 Å². The molecule has 0 fully saturated rings. The smallest absolute Gasteiger partial charge is 0.240 e. The van der Waals surface area contributed by atoms with Crippen LogP contribution in [0.15, 0.2) is 6.07 Å². The van der Waals surface area contributed by atoms with E-state index < -0.39 is 0 Å². The average Bonchev–Trinajstić information content (AvgIpc) is 2.13. The number of nitrogens with zero attached hydrogens (tertiary/aromatic N) is 1. The average molecular weight is 172 g/mol. The Hall–Kier alpha value is -0.520. The summed E-state index contributed by atoms with van der Waals surface area (Å²) in [5.74, 6) is 0. The third kappa shape index (κ3) is 1.50. The van der Waals surface area contributed by atoms with Crippen molar-refractivity contribution in [3.63, 3.8) is 0 Å². The number of hydrogen-bond donors (Lipinski definition) is 0.